The number of halogens is 1. The van der Waals surface area contributed by atoms with Crippen molar-refractivity contribution in [3.63, 3.8) is 0 Å². The summed E-state index contributed by atoms with van der Waals surface area (Å²) < 4.78 is 15.5. The summed E-state index contributed by atoms with van der Waals surface area (Å²) in [6.45, 7) is 2.00. The Hall–Kier alpha value is -3.59. The fraction of sp³-hybridized carbons (Fsp3) is 0.360. The molecule has 5 rings (SSSR count). The van der Waals surface area contributed by atoms with Gasteiger partial charge in [0.25, 0.3) is 0 Å². The third-order valence-electron chi connectivity index (χ3n) is 6.47. The Kier molecular flexibility index (Phi) is 6.10. The van der Waals surface area contributed by atoms with Crippen molar-refractivity contribution in [2.75, 3.05) is 24.7 Å². The monoisotopic (exact) mass is 460 g/mol. The van der Waals surface area contributed by atoms with Gasteiger partial charge in [0.05, 0.1) is 41.4 Å². The number of hydrogen-bond acceptors (Lipinski definition) is 7. The van der Waals surface area contributed by atoms with Crippen molar-refractivity contribution in [3.8, 4) is 11.4 Å². The van der Waals surface area contributed by atoms with Crippen molar-refractivity contribution in [1.82, 2.24) is 29.2 Å². The normalized spacial score (nSPS) is 18.4. The Morgan fingerprint density at radius 3 is 2.59 bits per heavy atom. The number of pyridine rings is 2. The van der Waals surface area contributed by atoms with E-state index in [0.717, 1.165) is 41.1 Å². The first kappa shape index (κ1) is 22.2. The molecule has 0 atom stereocenters. The minimum atomic E-state index is -0.388. The van der Waals surface area contributed by atoms with Crippen LogP contribution in [-0.2, 0) is 0 Å². The van der Waals surface area contributed by atoms with Crippen molar-refractivity contribution in [3.05, 3.63) is 60.6 Å². The smallest absolute Gasteiger partial charge is 0.223 e. The lowest BCUT2D eigenvalue weighted by molar-refractivity contribution is 0.221. The number of aryl methyl sites for hydroxylation is 1. The van der Waals surface area contributed by atoms with E-state index in [4.69, 9.17) is 4.98 Å². The Balaban J connectivity index is 1.39. The summed E-state index contributed by atoms with van der Waals surface area (Å²) in [7, 11) is 4.30. The quantitative estimate of drug-likeness (QED) is 0.433. The number of nitrogens with zero attached hydrogens (tertiary/aromatic N) is 6. The fourth-order valence-corrected chi connectivity index (χ4v) is 4.57. The van der Waals surface area contributed by atoms with Gasteiger partial charge < -0.3 is 15.5 Å². The van der Waals surface area contributed by atoms with Crippen LogP contribution in [0.3, 0.4) is 0 Å². The lowest BCUT2D eigenvalue weighted by Crippen LogP contribution is -2.36. The van der Waals surface area contributed by atoms with Gasteiger partial charge in [-0.3, -0.25) is 9.38 Å². The van der Waals surface area contributed by atoms with Crippen LogP contribution in [0.5, 0.6) is 0 Å². The Bertz CT molecular complexity index is 1290. The molecular weight excluding hydrogens is 431 g/mol. The number of imidazole rings is 1. The van der Waals surface area contributed by atoms with E-state index in [-0.39, 0.29) is 5.82 Å². The van der Waals surface area contributed by atoms with Crippen LogP contribution in [-0.4, -0.2) is 55.4 Å². The van der Waals surface area contributed by atoms with Gasteiger partial charge in [-0.05, 0) is 64.4 Å². The van der Waals surface area contributed by atoms with Gasteiger partial charge >= 0.3 is 0 Å². The average Bonchev–Trinajstić information content (AvgIpc) is 3.24. The van der Waals surface area contributed by atoms with Crippen molar-refractivity contribution in [2.24, 2.45) is 0 Å². The molecule has 0 unspecified atom stereocenters. The van der Waals surface area contributed by atoms with E-state index in [9.17, 15) is 4.39 Å². The fourth-order valence-electron chi connectivity index (χ4n) is 4.57. The second kappa shape index (κ2) is 9.34. The van der Waals surface area contributed by atoms with E-state index in [1.807, 2.05) is 42.0 Å². The highest BCUT2D eigenvalue weighted by molar-refractivity contribution is 5.67. The van der Waals surface area contributed by atoms with Gasteiger partial charge in [-0.25, -0.2) is 19.3 Å². The van der Waals surface area contributed by atoms with E-state index in [0.29, 0.717) is 23.7 Å². The number of rotatable bonds is 6. The molecule has 1 saturated carbocycles. The third-order valence-corrected chi connectivity index (χ3v) is 6.47. The molecule has 34 heavy (non-hydrogen) atoms. The second-order valence-electron chi connectivity index (χ2n) is 9.14. The van der Waals surface area contributed by atoms with Crippen LogP contribution in [0, 0.1) is 12.7 Å². The van der Waals surface area contributed by atoms with Crippen LogP contribution in [0.25, 0.3) is 17.0 Å². The summed E-state index contributed by atoms with van der Waals surface area (Å²) in [5.74, 6) is 0.255. The highest BCUT2D eigenvalue weighted by Gasteiger charge is 2.23. The molecule has 2 N–H and O–H groups in total. The molecule has 4 aromatic rings. The highest BCUT2D eigenvalue weighted by Crippen LogP contribution is 2.27. The van der Waals surface area contributed by atoms with Crippen molar-refractivity contribution < 1.29 is 4.39 Å². The molecule has 0 bridgehead atoms. The Labute approximate surface area is 198 Å². The lowest BCUT2D eigenvalue weighted by Gasteiger charge is -2.33. The van der Waals surface area contributed by atoms with Gasteiger partial charge in [0.2, 0.25) is 5.95 Å². The van der Waals surface area contributed by atoms with Gasteiger partial charge in [0, 0.05) is 30.5 Å². The van der Waals surface area contributed by atoms with E-state index < -0.39 is 0 Å². The van der Waals surface area contributed by atoms with Gasteiger partial charge in [-0.2, -0.15) is 0 Å². The lowest BCUT2D eigenvalue weighted by atomic mass is 9.90. The van der Waals surface area contributed by atoms with Crippen LogP contribution in [0.2, 0.25) is 0 Å². The van der Waals surface area contributed by atoms with E-state index in [1.54, 1.807) is 6.20 Å². The molecule has 9 heteroatoms. The first-order chi connectivity index (χ1) is 16.5. The molecular formula is C25H29FN8. The standard InChI is InChI=1S/C25H29FN8/c1-16-11-29-25(31-18-4-7-21(8-5-18)33(2)3)32-24(16)22-14-28-23-9-6-19(15-34(22)23)30-20-10-17(26)12-27-13-20/h6,9-15,18,21,30H,4-5,7-8H2,1-3H3,(H,29,31,32). The summed E-state index contributed by atoms with van der Waals surface area (Å²) >= 11 is 0. The van der Waals surface area contributed by atoms with Crippen LogP contribution < -0.4 is 10.6 Å². The maximum absolute atomic E-state index is 13.5. The zero-order valence-electron chi connectivity index (χ0n) is 19.7. The average molecular weight is 461 g/mol. The first-order valence-corrected chi connectivity index (χ1v) is 11.6. The molecule has 0 saturated heterocycles. The van der Waals surface area contributed by atoms with Crippen molar-refractivity contribution >= 4 is 23.0 Å². The maximum Gasteiger partial charge on any atom is 0.223 e. The molecule has 176 valence electrons. The van der Waals surface area contributed by atoms with Crippen LogP contribution in [0.15, 0.2) is 49.2 Å². The zero-order valence-corrected chi connectivity index (χ0v) is 19.7. The molecule has 1 aliphatic carbocycles. The second-order valence-corrected chi connectivity index (χ2v) is 9.14. The summed E-state index contributed by atoms with van der Waals surface area (Å²) in [5.41, 5.74) is 4.84. The SMILES string of the molecule is Cc1cnc(NC2CCC(N(C)C)CC2)nc1-c1cnc2ccc(Nc3cncc(F)c3)cn12. The predicted octanol–water partition coefficient (Wildman–Crippen LogP) is 4.66. The molecule has 8 nitrogen and oxygen atoms in total. The minimum Gasteiger partial charge on any atom is -0.353 e. The van der Waals surface area contributed by atoms with Gasteiger partial charge in [0.1, 0.15) is 11.5 Å². The third kappa shape index (κ3) is 4.70. The first-order valence-electron chi connectivity index (χ1n) is 11.6. The predicted molar refractivity (Wildman–Crippen MR) is 132 cm³/mol. The molecule has 0 spiro atoms. The van der Waals surface area contributed by atoms with E-state index in [1.165, 1.54) is 25.1 Å². The van der Waals surface area contributed by atoms with Gasteiger partial charge in [-0.15, -0.1) is 0 Å². The highest BCUT2D eigenvalue weighted by atomic mass is 19.1. The summed E-state index contributed by atoms with van der Waals surface area (Å²) in [6, 6.07) is 6.25. The number of fused-ring (bicyclic) bond motifs is 1. The van der Waals surface area contributed by atoms with Crippen LogP contribution in [0.1, 0.15) is 31.2 Å². The zero-order chi connectivity index (χ0) is 23.7. The minimum absolute atomic E-state index is 0.379. The van der Waals surface area contributed by atoms with E-state index >= 15 is 0 Å². The van der Waals surface area contributed by atoms with Crippen LogP contribution >= 0.6 is 0 Å². The molecule has 0 aromatic carbocycles. The largest absolute Gasteiger partial charge is 0.353 e. The van der Waals surface area contributed by atoms with Gasteiger partial charge in [-0.1, -0.05) is 0 Å². The number of nitrogens with one attached hydrogen (secondary N) is 2. The Morgan fingerprint density at radius 1 is 1.00 bits per heavy atom. The molecule has 0 radical (unpaired) electrons. The summed E-state index contributed by atoms with van der Waals surface area (Å²) in [5, 5.41) is 6.74. The molecule has 4 heterocycles. The van der Waals surface area contributed by atoms with Crippen LogP contribution in [0.4, 0.5) is 21.7 Å². The molecule has 0 aliphatic heterocycles. The number of aromatic nitrogens is 5. The summed E-state index contributed by atoms with van der Waals surface area (Å²) in [4.78, 5) is 20.2. The van der Waals surface area contributed by atoms with Crippen molar-refractivity contribution in [2.45, 2.75) is 44.7 Å². The topological polar surface area (TPSA) is 83.3 Å². The molecule has 4 aromatic heterocycles. The Morgan fingerprint density at radius 2 is 1.82 bits per heavy atom. The van der Waals surface area contributed by atoms with E-state index in [2.05, 4.69) is 44.6 Å². The molecule has 0 amide bonds. The number of hydrogen-bond donors (Lipinski definition) is 2. The molecule has 1 fully saturated rings. The van der Waals surface area contributed by atoms with Crippen molar-refractivity contribution in [1.29, 1.82) is 0 Å². The summed E-state index contributed by atoms with van der Waals surface area (Å²) in [6.07, 6.45) is 12.9. The molecule has 1 aliphatic rings. The maximum atomic E-state index is 13.5. The van der Waals surface area contributed by atoms with Gasteiger partial charge in [0.15, 0.2) is 0 Å². The number of anilines is 3.